The van der Waals surface area contributed by atoms with Gasteiger partial charge in [-0.05, 0) is 0 Å². The molecule has 0 unspecified atom stereocenters. The summed E-state index contributed by atoms with van der Waals surface area (Å²) in [5, 5.41) is 0. The first-order valence-corrected chi connectivity index (χ1v) is 4.12. The van der Waals surface area contributed by atoms with Gasteiger partial charge in [-0.15, -0.1) is 0 Å². The molecule has 0 amide bonds. The Morgan fingerprint density at radius 2 is 0.938 bits per heavy atom. The van der Waals surface area contributed by atoms with Crippen molar-refractivity contribution in [2.45, 2.75) is 12.4 Å². The lowest BCUT2D eigenvalue weighted by Crippen LogP contribution is -2.12. The van der Waals surface area contributed by atoms with Crippen molar-refractivity contribution >= 4 is 0 Å². The Morgan fingerprint density at radius 3 is 1.19 bits per heavy atom. The van der Waals surface area contributed by atoms with Crippen molar-refractivity contribution in [1.82, 2.24) is 0 Å². The molecule has 0 saturated carbocycles. The fraction of sp³-hybridized carbons (Fsp3) is 0.200. The number of hydrogen-bond acceptors (Lipinski definition) is 0. The van der Waals surface area contributed by atoms with Crippen LogP contribution in [0.3, 0.4) is 0 Å². The van der Waals surface area contributed by atoms with Gasteiger partial charge in [-0.1, -0.05) is 36.5 Å². The first kappa shape index (κ1) is 12.6. The topological polar surface area (TPSA) is 0 Å². The van der Waals surface area contributed by atoms with E-state index in [1.54, 1.807) is 0 Å². The smallest absolute Gasteiger partial charge is 0.166 e. The van der Waals surface area contributed by atoms with E-state index in [0.29, 0.717) is 24.3 Å². The van der Waals surface area contributed by atoms with Crippen LogP contribution in [0.15, 0.2) is 47.6 Å². The molecule has 0 nitrogen and oxygen atoms in total. The molecule has 0 radical (unpaired) electrons. The van der Waals surface area contributed by atoms with Crippen LogP contribution in [0.4, 0.5) is 26.3 Å². The summed E-state index contributed by atoms with van der Waals surface area (Å²) in [6.07, 6.45) is -5.30. The highest BCUT2D eigenvalue weighted by Gasteiger charge is 2.33. The molecule has 1 rings (SSSR count). The highest BCUT2D eigenvalue weighted by Crippen LogP contribution is 2.30. The van der Waals surface area contributed by atoms with Gasteiger partial charge in [-0.25, -0.2) is 0 Å². The molecule has 0 spiro atoms. The van der Waals surface area contributed by atoms with Crippen molar-refractivity contribution in [3.05, 3.63) is 47.6 Å². The molecule has 0 aromatic rings. The van der Waals surface area contributed by atoms with Crippen molar-refractivity contribution in [2.24, 2.45) is 0 Å². The lowest BCUT2D eigenvalue weighted by molar-refractivity contribution is -0.0883. The van der Waals surface area contributed by atoms with E-state index in [4.69, 9.17) is 0 Å². The van der Waals surface area contributed by atoms with E-state index >= 15 is 0 Å². The van der Waals surface area contributed by atoms with Crippen molar-refractivity contribution < 1.29 is 26.3 Å². The van der Waals surface area contributed by atoms with Crippen LogP contribution in [0.2, 0.25) is 0 Å². The van der Waals surface area contributed by atoms with Gasteiger partial charge in [0, 0.05) is 0 Å². The third kappa shape index (κ3) is 3.29. The van der Waals surface area contributed by atoms with Gasteiger partial charge in [0.05, 0.1) is 11.1 Å². The zero-order valence-electron chi connectivity index (χ0n) is 7.73. The molecule has 6 heteroatoms. The van der Waals surface area contributed by atoms with Gasteiger partial charge in [0.1, 0.15) is 0 Å². The van der Waals surface area contributed by atoms with Crippen LogP contribution in [0.1, 0.15) is 0 Å². The summed E-state index contributed by atoms with van der Waals surface area (Å²) in [5.74, 6) is 0. The molecular formula is C10H6F6. The molecule has 0 bridgehead atoms. The minimum Gasteiger partial charge on any atom is -0.166 e. The second-order valence-corrected chi connectivity index (χ2v) is 2.96. The molecular weight excluding hydrogens is 234 g/mol. The SMILES string of the molecule is FC(F)(F)C1=C/C=C\C(C(F)(F)F)=C/C=C\1. The molecule has 88 valence electrons. The third-order valence-corrected chi connectivity index (χ3v) is 1.76. The maximum atomic E-state index is 12.2. The number of hydrogen-bond donors (Lipinski definition) is 0. The fourth-order valence-corrected chi connectivity index (χ4v) is 1.000. The molecule has 0 aliphatic heterocycles. The van der Waals surface area contributed by atoms with E-state index < -0.39 is 23.5 Å². The minimum atomic E-state index is -4.57. The number of allylic oxidation sites excluding steroid dienone is 8. The molecule has 0 saturated heterocycles. The Morgan fingerprint density at radius 1 is 0.625 bits per heavy atom. The molecule has 1 aliphatic carbocycles. The standard InChI is InChI=1S/C10H6F6/c11-9(12,13)7-3-1-4-8(6-2-5-7)10(14,15)16/h1-6H/b3-1-,4-1?,5-2?,6-2-,7-3?,7-5+,8-4+,8-6?. The number of alkyl halides is 6. The Hall–Kier alpha value is -1.46. The summed E-state index contributed by atoms with van der Waals surface area (Å²) in [5.41, 5.74) is -2.00. The molecule has 0 heterocycles. The average molecular weight is 240 g/mol. The molecule has 0 atom stereocenters. The first-order chi connectivity index (χ1) is 7.21. The van der Waals surface area contributed by atoms with Gasteiger partial charge in [0.25, 0.3) is 0 Å². The van der Waals surface area contributed by atoms with Crippen LogP contribution in [0.5, 0.6) is 0 Å². The summed E-state index contributed by atoms with van der Waals surface area (Å²) in [6.45, 7) is 0. The zero-order chi connectivity index (χ0) is 12.4. The number of rotatable bonds is 0. The monoisotopic (exact) mass is 240 g/mol. The van der Waals surface area contributed by atoms with Gasteiger partial charge < -0.3 is 0 Å². The highest BCUT2D eigenvalue weighted by molar-refractivity contribution is 5.38. The largest absolute Gasteiger partial charge is 0.416 e. The Kier molecular flexibility index (Phi) is 3.30. The van der Waals surface area contributed by atoms with Crippen LogP contribution >= 0.6 is 0 Å². The second-order valence-electron chi connectivity index (χ2n) is 2.96. The predicted molar refractivity (Wildman–Crippen MR) is 46.6 cm³/mol. The molecule has 0 fully saturated rings. The molecule has 0 aromatic carbocycles. The maximum absolute atomic E-state index is 12.2. The summed E-state index contributed by atoms with van der Waals surface area (Å²) in [4.78, 5) is 0. The lowest BCUT2D eigenvalue weighted by Gasteiger charge is -2.09. The second kappa shape index (κ2) is 4.19. The molecule has 1 aliphatic rings. The highest BCUT2D eigenvalue weighted by atomic mass is 19.4. The van der Waals surface area contributed by atoms with Crippen molar-refractivity contribution in [3.8, 4) is 0 Å². The Bertz CT molecular complexity index is 337. The van der Waals surface area contributed by atoms with Gasteiger partial charge in [0.2, 0.25) is 0 Å². The molecule has 0 N–H and O–H groups in total. The predicted octanol–water partition coefficient (Wildman–Crippen LogP) is 4.09. The maximum Gasteiger partial charge on any atom is 0.416 e. The van der Waals surface area contributed by atoms with Gasteiger partial charge in [0.15, 0.2) is 0 Å². The van der Waals surface area contributed by atoms with Gasteiger partial charge in [-0.3, -0.25) is 0 Å². The van der Waals surface area contributed by atoms with Gasteiger partial charge in [-0.2, -0.15) is 26.3 Å². The van der Waals surface area contributed by atoms with Crippen molar-refractivity contribution in [1.29, 1.82) is 0 Å². The van der Waals surface area contributed by atoms with E-state index in [1.165, 1.54) is 0 Å². The van der Waals surface area contributed by atoms with Crippen molar-refractivity contribution in [3.63, 3.8) is 0 Å². The molecule has 16 heavy (non-hydrogen) atoms. The molecule has 0 aromatic heterocycles. The summed E-state index contributed by atoms with van der Waals surface area (Å²) in [6, 6.07) is 0. The van der Waals surface area contributed by atoms with Crippen LogP contribution in [-0.4, -0.2) is 12.4 Å². The van der Waals surface area contributed by atoms with E-state index in [-0.39, 0.29) is 0 Å². The van der Waals surface area contributed by atoms with E-state index in [9.17, 15) is 26.3 Å². The van der Waals surface area contributed by atoms with E-state index in [1.807, 2.05) is 0 Å². The van der Waals surface area contributed by atoms with Crippen LogP contribution in [-0.2, 0) is 0 Å². The van der Waals surface area contributed by atoms with Crippen LogP contribution in [0.25, 0.3) is 0 Å². The average Bonchev–Trinajstić information content (AvgIpc) is 1.96. The van der Waals surface area contributed by atoms with Crippen LogP contribution < -0.4 is 0 Å². The lowest BCUT2D eigenvalue weighted by atomic mass is 10.1. The summed E-state index contributed by atoms with van der Waals surface area (Å²) >= 11 is 0. The third-order valence-electron chi connectivity index (χ3n) is 1.76. The first-order valence-electron chi connectivity index (χ1n) is 4.12. The van der Waals surface area contributed by atoms with Crippen LogP contribution in [0, 0.1) is 0 Å². The van der Waals surface area contributed by atoms with Crippen molar-refractivity contribution in [2.75, 3.05) is 0 Å². The normalized spacial score (nSPS) is 28.1. The Labute approximate surface area is 87.3 Å². The van der Waals surface area contributed by atoms with Gasteiger partial charge >= 0.3 is 12.4 Å². The van der Waals surface area contributed by atoms with E-state index in [2.05, 4.69) is 0 Å². The summed E-state index contributed by atoms with van der Waals surface area (Å²) < 4.78 is 73.1. The Balaban J connectivity index is 2.98. The fourth-order valence-electron chi connectivity index (χ4n) is 1.000. The number of halogens is 6. The zero-order valence-corrected chi connectivity index (χ0v) is 7.73. The summed E-state index contributed by atoms with van der Waals surface area (Å²) in [7, 11) is 0. The van der Waals surface area contributed by atoms with E-state index in [0.717, 1.165) is 12.2 Å². The quantitative estimate of drug-likeness (QED) is 0.559. The minimum absolute atomic E-state index is 0.592.